The standard InChI is InChI=1S/C33H43N3O3/c1-32(2)22-36(21-29(37)28-19-23-8-4-5-9-25(23)20-34-28)31(39)26-11-10-24(18-27(26)32)30(38)35-16-14-33(15-17-35)12-6-3-7-13-33/h4-5,8-11,18,28-29,34,37H,3,6-7,12-17,19-22H2,1-2H3/t28-,29+/m0/s1. The van der Waals surface area contributed by atoms with E-state index in [0.717, 1.165) is 44.5 Å². The third kappa shape index (κ3) is 5.14. The Morgan fingerprint density at radius 3 is 2.49 bits per heavy atom. The van der Waals surface area contributed by atoms with Crippen LogP contribution >= 0.6 is 0 Å². The van der Waals surface area contributed by atoms with Crippen molar-refractivity contribution in [1.82, 2.24) is 15.1 Å². The maximum Gasteiger partial charge on any atom is 0.254 e. The molecule has 0 bridgehead atoms. The molecule has 2 aromatic carbocycles. The van der Waals surface area contributed by atoms with Gasteiger partial charge in [-0.15, -0.1) is 0 Å². The number of fused-ring (bicyclic) bond motifs is 2. The van der Waals surface area contributed by atoms with Gasteiger partial charge in [-0.05, 0) is 72.4 Å². The number of nitrogens with zero attached hydrogens (tertiary/aromatic N) is 2. The molecule has 2 fully saturated rings. The van der Waals surface area contributed by atoms with Gasteiger partial charge in [0, 0.05) is 55.3 Å². The molecule has 2 N–H and O–H groups in total. The molecule has 2 aromatic rings. The largest absolute Gasteiger partial charge is 0.390 e. The van der Waals surface area contributed by atoms with E-state index in [0.29, 0.717) is 23.1 Å². The first-order valence-corrected chi connectivity index (χ1v) is 15.0. The van der Waals surface area contributed by atoms with Crippen molar-refractivity contribution in [2.75, 3.05) is 26.2 Å². The Morgan fingerprint density at radius 2 is 1.74 bits per heavy atom. The molecule has 0 aromatic heterocycles. The summed E-state index contributed by atoms with van der Waals surface area (Å²) in [6.45, 7) is 7.48. The first-order chi connectivity index (χ1) is 18.7. The molecule has 6 nitrogen and oxygen atoms in total. The van der Waals surface area contributed by atoms with E-state index in [1.54, 1.807) is 4.90 Å². The van der Waals surface area contributed by atoms with Crippen molar-refractivity contribution < 1.29 is 14.7 Å². The van der Waals surface area contributed by atoms with Gasteiger partial charge in [0.15, 0.2) is 0 Å². The molecule has 6 heteroatoms. The molecule has 39 heavy (non-hydrogen) atoms. The Hall–Kier alpha value is -2.70. The van der Waals surface area contributed by atoms with Crippen LogP contribution in [0, 0.1) is 5.41 Å². The lowest BCUT2D eigenvalue weighted by atomic mass is 9.68. The van der Waals surface area contributed by atoms with Gasteiger partial charge in [-0.1, -0.05) is 57.4 Å². The summed E-state index contributed by atoms with van der Waals surface area (Å²) in [5.74, 6) is 0.0315. The Labute approximate surface area is 232 Å². The summed E-state index contributed by atoms with van der Waals surface area (Å²) in [7, 11) is 0. The highest BCUT2D eigenvalue weighted by Gasteiger charge is 2.40. The Balaban J connectivity index is 1.14. The number of rotatable bonds is 4. The minimum Gasteiger partial charge on any atom is -0.390 e. The van der Waals surface area contributed by atoms with Crippen LogP contribution in [-0.2, 0) is 18.4 Å². The molecule has 1 aliphatic carbocycles. The lowest BCUT2D eigenvalue weighted by Crippen LogP contribution is -2.54. The molecular weight excluding hydrogens is 486 g/mol. The van der Waals surface area contributed by atoms with E-state index in [2.05, 4.69) is 31.3 Å². The summed E-state index contributed by atoms with van der Waals surface area (Å²) < 4.78 is 0. The summed E-state index contributed by atoms with van der Waals surface area (Å²) in [5, 5.41) is 14.6. The SMILES string of the molecule is CC1(C)CN(C[C@@H](O)[C@@H]2Cc3ccccc3CN2)C(=O)c2ccc(C(=O)N3CCC4(CCCCC4)CC3)cc21. The zero-order valence-electron chi connectivity index (χ0n) is 23.5. The number of nitrogens with one attached hydrogen (secondary N) is 1. The third-order valence-electron chi connectivity index (χ3n) is 10.1. The summed E-state index contributed by atoms with van der Waals surface area (Å²) in [4.78, 5) is 30.9. The van der Waals surface area contributed by atoms with Gasteiger partial charge in [-0.3, -0.25) is 9.59 Å². The van der Waals surface area contributed by atoms with Crippen LogP contribution in [0.15, 0.2) is 42.5 Å². The van der Waals surface area contributed by atoms with Gasteiger partial charge < -0.3 is 20.2 Å². The summed E-state index contributed by atoms with van der Waals surface area (Å²) in [6, 6.07) is 13.9. The van der Waals surface area contributed by atoms with Crippen molar-refractivity contribution in [1.29, 1.82) is 0 Å². The monoisotopic (exact) mass is 529 g/mol. The fourth-order valence-electron chi connectivity index (χ4n) is 7.65. The van der Waals surface area contributed by atoms with Crippen LogP contribution in [0.25, 0.3) is 0 Å². The van der Waals surface area contributed by atoms with Gasteiger partial charge in [-0.25, -0.2) is 0 Å². The number of β-amino-alcohol motifs (C(OH)–C–C–N with tert-alkyl or cyclic N) is 1. The number of hydrogen-bond acceptors (Lipinski definition) is 4. The molecule has 4 aliphatic rings. The first-order valence-electron chi connectivity index (χ1n) is 15.0. The van der Waals surface area contributed by atoms with Crippen molar-refractivity contribution in [3.8, 4) is 0 Å². The maximum atomic E-state index is 13.6. The van der Waals surface area contributed by atoms with Crippen LogP contribution in [0.3, 0.4) is 0 Å². The van der Waals surface area contributed by atoms with Crippen LogP contribution < -0.4 is 5.32 Å². The molecule has 3 heterocycles. The van der Waals surface area contributed by atoms with E-state index in [1.165, 1.54) is 43.2 Å². The quantitative estimate of drug-likeness (QED) is 0.603. The average Bonchev–Trinajstić information content (AvgIpc) is 2.95. The molecule has 3 aliphatic heterocycles. The van der Waals surface area contributed by atoms with Gasteiger partial charge in [0.1, 0.15) is 0 Å². The smallest absolute Gasteiger partial charge is 0.254 e. The van der Waals surface area contributed by atoms with E-state index in [1.807, 2.05) is 35.2 Å². The summed E-state index contributed by atoms with van der Waals surface area (Å²) in [6.07, 6.45) is 8.99. The molecule has 0 unspecified atom stereocenters. The Kier molecular flexibility index (Phi) is 7.05. The third-order valence-corrected chi connectivity index (χ3v) is 10.1. The average molecular weight is 530 g/mol. The number of benzene rings is 2. The van der Waals surface area contributed by atoms with Crippen molar-refractivity contribution in [3.63, 3.8) is 0 Å². The van der Waals surface area contributed by atoms with E-state index >= 15 is 0 Å². The van der Waals surface area contributed by atoms with Gasteiger partial charge >= 0.3 is 0 Å². The second-order valence-corrected chi connectivity index (χ2v) is 13.2. The molecule has 1 saturated heterocycles. The molecule has 2 atom stereocenters. The number of carbonyl (C=O) groups excluding carboxylic acids is 2. The highest BCUT2D eigenvalue weighted by Crippen LogP contribution is 2.44. The molecule has 2 amide bonds. The van der Waals surface area contributed by atoms with Crippen molar-refractivity contribution in [2.45, 2.75) is 89.3 Å². The number of likely N-dealkylation sites (tertiary alicyclic amines) is 1. The molecule has 0 radical (unpaired) electrons. The zero-order chi connectivity index (χ0) is 27.2. The lowest BCUT2D eigenvalue weighted by molar-refractivity contribution is 0.0440. The topological polar surface area (TPSA) is 72.9 Å². The fourth-order valence-corrected chi connectivity index (χ4v) is 7.65. The van der Waals surface area contributed by atoms with Crippen LogP contribution in [0.2, 0.25) is 0 Å². The van der Waals surface area contributed by atoms with Gasteiger partial charge in [0.05, 0.1) is 6.10 Å². The number of amides is 2. The highest BCUT2D eigenvalue weighted by molar-refractivity contribution is 6.00. The Bertz CT molecular complexity index is 1240. The van der Waals surface area contributed by atoms with Crippen molar-refractivity contribution >= 4 is 11.8 Å². The van der Waals surface area contributed by atoms with Gasteiger partial charge in [0.2, 0.25) is 0 Å². The first kappa shape index (κ1) is 26.5. The van der Waals surface area contributed by atoms with Crippen LogP contribution in [0.4, 0.5) is 0 Å². The van der Waals surface area contributed by atoms with Crippen LogP contribution in [-0.4, -0.2) is 65.0 Å². The Morgan fingerprint density at radius 1 is 1.03 bits per heavy atom. The summed E-state index contributed by atoms with van der Waals surface area (Å²) in [5.41, 5.74) is 4.95. The van der Waals surface area contributed by atoms with Crippen LogP contribution in [0.1, 0.15) is 96.2 Å². The minimum absolute atomic E-state index is 0.0594. The summed E-state index contributed by atoms with van der Waals surface area (Å²) >= 11 is 0. The fraction of sp³-hybridized carbons (Fsp3) is 0.576. The van der Waals surface area contributed by atoms with Crippen LogP contribution in [0.5, 0.6) is 0 Å². The van der Waals surface area contributed by atoms with Crippen molar-refractivity contribution in [3.05, 3.63) is 70.3 Å². The molecule has 1 spiro atoms. The van der Waals surface area contributed by atoms with Gasteiger partial charge in [-0.2, -0.15) is 0 Å². The maximum absolute atomic E-state index is 13.6. The highest BCUT2D eigenvalue weighted by atomic mass is 16.3. The predicted octanol–water partition coefficient (Wildman–Crippen LogP) is 4.68. The van der Waals surface area contributed by atoms with E-state index in [-0.39, 0.29) is 29.8 Å². The normalized spacial score (nSPS) is 24.7. The van der Waals surface area contributed by atoms with E-state index in [4.69, 9.17) is 0 Å². The van der Waals surface area contributed by atoms with Crippen molar-refractivity contribution in [2.24, 2.45) is 5.41 Å². The number of aliphatic hydroxyl groups excluding tert-OH is 1. The number of piperidine rings is 1. The minimum atomic E-state index is -0.660. The zero-order valence-corrected chi connectivity index (χ0v) is 23.5. The predicted molar refractivity (Wildman–Crippen MR) is 153 cm³/mol. The molecule has 6 rings (SSSR count). The molecular formula is C33H43N3O3. The lowest BCUT2D eigenvalue weighted by Gasteiger charge is -2.44. The molecule has 1 saturated carbocycles. The number of carbonyl (C=O) groups is 2. The number of hydrogen-bond donors (Lipinski definition) is 2. The number of aliphatic hydroxyl groups is 1. The van der Waals surface area contributed by atoms with E-state index < -0.39 is 6.10 Å². The molecule has 208 valence electrons. The second-order valence-electron chi connectivity index (χ2n) is 13.2. The van der Waals surface area contributed by atoms with Gasteiger partial charge in [0.25, 0.3) is 11.8 Å². The second kappa shape index (κ2) is 10.4. The van der Waals surface area contributed by atoms with E-state index in [9.17, 15) is 14.7 Å².